The summed E-state index contributed by atoms with van der Waals surface area (Å²) in [6.07, 6.45) is 0. The Morgan fingerprint density at radius 2 is 2.04 bits per heavy atom. The number of carbonyl (C=O) groups is 2. The molecule has 2 heterocycles. The van der Waals surface area contributed by atoms with Crippen molar-refractivity contribution < 1.29 is 14.3 Å². The number of fused-ring (bicyclic) bond motifs is 1. The molecule has 0 aliphatic carbocycles. The Balaban J connectivity index is 2.13. The van der Waals surface area contributed by atoms with E-state index >= 15 is 0 Å². The van der Waals surface area contributed by atoms with Crippen LogP contribution in [0.25, 0.3) is 10.2 Å². The van der Waals surface area contributed by atoms with Crippen molar-refractivity contribution in [3.05, 3.63) is 49.4 Å². The molecule has 0 saturated heterocycles. The zero-order valence-corrected chi connectivity index (χ0v) is 16.8. The van der Waals surface area contributed by atoms with Gasteiger partial charge in [-0.25, -0.2) is 0 Å². The third-order valence-corrected chi connectivity index (χ3v) is 6.13. The molecule has 3 rings (SSSR count). The number of nitrogens with zero attached hydrogens (tertiary/aromatic N) is 2. The van der Waals surface area contributed by atoms with Gasteiger partial charge in [0.1, 0.15) is 6.54 Å². The number of aryl methyl sites for hydroxylation is 1. The van der Waals surface area contributed by atoms with E-state index in [0.717, 1.165) is 19.6 Å². The fraction of sp³-hybridized carbons (Fsp3) is 0.235. The number of ether oxygens (including phenoxy) is 1. The lowest BCUT2D eigenvalue weighted by Gasteiger charge is -2.06. The van der Waals surface area contributed by atoms with Gasteiger partial charge >= 0.3 is 5.97 Å². The van der Waals surface area contributed by atoms with Crippen LogP contribution in [0.5, 0.6) is 0 Å². The van der Waals surface area contributed by atoms with Crippen molar-refractivity contribution in [1.29, 1.82) is 0 Å². The van der Waals surface area contributed by atoms with Gasteiger partial charge in [0.05, 0.1) is 25.5 Å². The summed E-state index contributed by atoms with van der Waals surface area (Å²) in [7, 11) is 0. The number of aromatic nitrogens is 1. The molecule has 0 aliphatic heterocycles. The second kappa shape index (κ2) is 7.63. The van der Waals surface area contributed by atoms with Crippen LogP contribution in [0.3, 0.4) is 0 Å². The van der Waals surface area contributed by atoms with Gasteiger partial charge in [-0.15, -0.1) is 11.3 Å². The molecule has 0 atom stereocenters. The lowest BCUT2D eigenvalue weighted by Crippen LogP contribution is -2.23. The maximum atomic E-state index is 12.5. The van der Waals surface area contributed by atoms with E-state index < -0.39 is 0 Å². The predicted molar refractivity (Wildman–Crippen MR) is 103 cm³/mol. The van der Waals surface area contributed by atoms with Crippen molar-refractivity contribution in [2.75, 3.05) is 6.61 Å². The maximum Gasteiger partial charge on any atom is 0.326 e. The van der Waals surface area contributed by atoms with Gasteiger partial charge in [-0.05, 0) is 53.5 Å². The van der Waals surface area contributed by atoms with Gasteiger partial charge in [0.2, 0.25) is 0 Å². The third kappa shape index (κ3) is 3.91. The van der Waals surface area contributed by atoms with Crippen molar-refractivity contribution in [3.63, 3.8) is 0 Å². The lowest BCUT2D eigenvalue weighted by molar-refractivity contribution is -0.143. The maximum absolute atomic E-state index is 12.5. The van der Waals surface area contributed by atoms with E-state index in [1.54, 1.807) is 17.6 Å². The molecule has 0 spiro atoms. The molecule has 0 radical (unpaired) electrons. The molecule has 0 N–H and O–H groups in total. The number of hydrogen-bond acceptors (Lipinski definition) is 5. The summed E-state index contributed by atoms with van der Waals surface area (Å²) in [6, 6.07) is 9.42. The average Bonchev–Trinajstić information content (AvgIpc) is 3.13. The van der Waals surface area contributed by atoms with Gasteiger partial charge in [0.25, 0.3) is 5.91 Å². The zero-order valence-electron chi connectivity index (χ0n) is 13.6. The number of esters is 1. The first-order valence-corrected chi connectivity index (χ1v) is 10.0. The van der Waals surface area contributed by atoms with E-state index in [9.17, 15) is 9.59 Å². The minimum Gasteiger partial charge on any atom is -0.465 e. The minimum atomic E-state index is -0.349. The Morgan fingerprint density at radius 1 is 1.24 bits per heavy atom. The van der Waals surface area contributed by atoms with Crippen LogP contribution in [-0.4, -0.2) is 23.1 Å². The van der Waals surface area contributed by atoms with Crippen LogP contribution < -0.4 is 4.80 Å². The summed E-state index contributed by atoms with van der Waals surface area (Å²) in [6.45, 7) is 4.08. The van der Waals surface area contributed by atoms with E-state index in [1.165, 1.54) is 22.7 Å². The van der Waals surface area contributed by atoms with Crippen molar-refractivity contribution in [2.45, 2.75) is 20.4 Å². The Kier molecular flexibility index (Phi) is 5.51. The zero-order chi connectivity index (χ0) is 18.0. The van der Waals surface area contributed by atoms with E-state index in [2.05, 4.69) is 20.9 Å². The Hall–Kier alpha value is -1.77. The molecule has 5 nitrogen and oxygen atoms in total. The van der Waals surface area contributed by atoms with Crippen LogP contribution in [0, 0.1) is 6.92 Å². The number of hydrogen-bond donors (Lipinski definition) is 0. The summed E-state index contributed by atoms with van der Waals surface area (Å²) >= 11 is 6.07. The predicted octanol–water partition coefficient (Wildman–Crippen LogP) is 4.14. The topological polar surface area (TPSA) is 60.7 Å². The van der Waals surface area contributed by atoms with Gasteiger partial charge < -0.3 is 9.30 Å². The van der Waals surface area contributed by atoms with Gasteiger partial charge in [0, 0.05) is 0 Å². The molecule has 25 heavy (non-hydrogen) atoms. The van der Waals surface area contributed by atoms with Gasteiger partial charge in [-0.2, -0.15) is 4.99 Å². The number of halogens is 1. The molecule has 0 bridgehead atoms. The lowest BCUT2D eigenvalue weighted by atomic mass is 10.2. The highest BCUT2D eigenvalue weighted by atomic mass is 79.9. The third-order valence-electron chi connectivity index (χ3n) is 3.48. The van der Waals surface area contributed by atoms with Crippen LogP contribution in [-0.2, 0) is 16.1 Å². The molecule has 1 amide bonds. The number of thiazole rings is 1. The number of amides is 1. The smallest absolute Gasteiger partial charge is 0.326 e. The van der Waals surface area contributed by atoms with Gasteiger partial charge in [0.15, 0.2) is 4.80 Å². The summed E-state index contributed by atoms with van der Waals surface area (Å²) < 4.78 is 8.67. The molecule has 130 valence electrons. The van der Waals surface area contributed by atoms with E-state index in [0.29, 0.717) is 16.3 Å². The standard InChI is InChI=1S/C17H15BrN2O3S2/c1-3-23-14(21)9-20-15-10(2)5-4-6-11(15)25-17(20)19-16(22)12-7-8-13(18)24-12/h4-8H,3,9H2,1-2H3. The van der Waals surface area contributed by atoms with Crippen LogP contribution in [0.2, 0.25) is 0 Å². The highest BCUT2D eigenvalue weighted by Gasteiger charge is 2.14. The van der Waals surface area contributed by atoms with Gasteiger partial charge in [-0.3, -0.25) is 9.59 Å². The van der Waals surface area contributed by atoms with Crippen LogP contribution in [0.4, 0.5) is 0 Å². The second-order valence-corrected chi connectivity index (χ2v) is 8.69. The van der Waals surface area contributed by atoms with Crippen LogP contribution in [0.1, 0.15) is 22.2 Å². The number of rotatable bonds is 4. The normalized spacial score (nSPS) is 11.9. The molecule has 0 unspecified atom stereocenters. The molecule has 1 aromatic carbocycles. The van der Waals surface area contributed by atoms with Gasteiger partial charge in [-0.1, -0.05) is 23.5 Å². The molecule has 0 saturated carbocycles. The number of benzene rings is 1. The molecule has 0 fully saturated rings. The van der Waals surface area contributed by atoms with Crippen molar-refractivity contribution in [1.82, 2.24) is 4.57 Å². The fourth-order valence-electron chi connectivity index (χ4n) is 2.45. The van der Waals surface area contributed by atoms with E-state index in [4.69, 9.17) is 4.74 Å². The molecule has 2 aromatic heterocycles. The van der Waals surface area contributed by atoms with E-state index in [1.807, 2.05) is 31.2 Å². The minimum absolute atomic E-state index is 0.0267. The Labute approximate surface area is 160 Å². The highest BCUT2D eigenvalue weighted by molar-refractivity contribution is 9.11. The monoisotopic (exact) mass is 438 g/mol. The van der Waals surface area contributed by atoms with Crippen molar-refractivity contribution in [2.24, 2.45) is 4.99 Å². The molecular weight excluding hydrogens is 424 g/mol. The van der Waals surface area contributed by atoms with E-state index in [-0.39, 0.29) is 18.4 Å². The molecular formula is C17H15BrN2O3S2. The first-order chi connectivity index (χ1) is 12.0. The number of thiophene rings is 1. The number of carbonyl (C=O) groups excluding carboxylic acids is 2. The Morgan fingerprint density at radius 3 is 2.72 bits per heavy atom. The second-order valence-electron chi connectivity index (χ2n) is 5.22. The summed E-state index contributed by atoms with van der Waals surface area (Å²) in [4.78, 5) is 29.8. The molecule has 3 aromatic rings. The Bertz CT molecular complexity index is 1020. The molecule has 8 heteroatoms. The quantitative estimate of drug-likeness (QED) is 0.575. The SMILES string of the molecule is CCOC(=O)Cn1c(=NC(=O)c2ccc(Br)s2)sc2cccc(C)c21. The summed E-state index contributed by atoms with van der Waals surface area (Å²) in [5.74, 6) is -0.671. The largest absolute Gasteiger partial charge is 0.465 e. The van der Waals surface area contributed by atoms with Crippen LogP contribution >= 0.6 is 38.6 Å². The first kappa shape index (κ1) is 18.0. The number of para-hydroxylation sites is 1. The van der Waals surface area contributed by atoms with Crippen LogP contribution in [0.15, 0.2) is 39.1 Å². The average molecular weight is 439 g/mol. The first-order valence-electron chi connectivity index (χ1n) is 7.58. The summed E-state index contributed by atoms with van der Waals surface area (Å²) in [5.41, 5.74) is 1.92. The fourth-order valence-corrected chi connectivity index (χ4v) is 4.82. The van der Waals surface area contributed by atoms with Crippen molar-refractivity contribution in [3.8, 4) is 0 Å². The highest BCUT2D eigenvalue weighted by Crippen LogP contribution is 2.24. The molecule has 0 aliphatic rings. The summed E-state index contributed by atoms with van der Waals surface area (Å²) in [5, 5.41) is 0. The van der Waals surface area contributed by atoms with Crippen molar-refractivity contribution >= 4 is 60.7 Å².